The molecule has 2 aromatic rings. The standard InChI is InChI=1S/C21H32N6O.HI/c1-4-19-25-20-12-11-17(15-27(20)26-19)24-21(22-5-2)23-13-8-14-28-18-10-7-6-9-16(18)3;/h6-7,9-10,17H,4-5,8,11-15H2,1-3H3,(H2,22,23,24);1H. The van der Waals surface area contributed by atoms with E-state index in [9.17, 15) is 0 Å². The minimum atomic E-state index is 0. The highest BCUT2D eigenvalue weighted by molar-refractivity contribution is 14.0. The fourth-order valence-electron chi connectivity index (χ4n) is 3.30. The van der Waals surface area contributed by atoms with Crippen LogP contribution in [0, 0.1) is 6.92 Å². The molecule has 160 valence electrons. The monoisotopic (exact) mass is 512 g/mol. The largest absolute Gasteiger partial charge is 0.493 e. The van der Waals surface area contributed by atoms with E-state index < -0.39 is 0 Å². The molecule has 1 aromatic heterocycles. The summed E-state index contributed by atoms with van der Waals surface area (Å²) in [6.45, 7) is 9.31. The van der Waals surface area contributed by atoms with E-state index in [2.05, 4.69) is 47.6 Å². The minimum absolute atomic E-state index is 0. The molecule has 0 saturated carbocycles. The number of hydrogen-bond donors (Lipinski definition) is 2. The van der Waals surface area contributed by atoms with Gasteiger partial charge in [-0.15, -0.1) is 24.0 Å². The van der Waals surface area contributed by atoms with E-state index in [4.69, 9.17) is 9.73 Å². The highest BCUT2D eigenvalue weighted by Crippen LogP contribution is 2.16. The van der Waals surface area contributed by atoms with E-state index in [1.165, 1.54) is 0 Å². The number of guanidine groups is 1. The van der Waals surface area contributed by atoms with Crippen LogP contribution in [0.25, 0.3) is 0 Å². The van der Waals surface area contributed by atoms with Gasteiger partial charge in [-0.05, 0) is 31.9 Å². The summed E-state index contributed by atoms with van der Waals surface area (Å²) in [6.07, 6.45) is 3.76. The first-order chi connectivity index (χ1) is 13.7. The SMILES string of the molecule is CCNC(=NCCCOc1ccccc1C)NC1CCc2nc(CC)nn2C1.I. The third-order valence-electron chi connectivity index (χ3n) is 4.83. The van der Waals surface area contributed by atoms with Gasteiger partial charge in [0.1, 0.15) is 11.6 Å². The number of aromatic nitrogens is 3. The molecule has 3 rings (SSSR count). The van der Waals surface area contributed by atoms with E-state index >= 15 is 0 Å². The Morgan fingerprint density at radius 3 is 2.90 bits per heavy atom. The first-order valence-electron chi connectivity index (χ1n) is 10.4. The van der Waals surface area contributed by atoms with E-state index in [-0.39, 0.29) is 24.0 Å². The zero-order valence-electron chi connectivity index (χ0n) is 17.6. The molecule has 0 amide bonds. The van der Waals surface area contributed by atoms with Gasteiger partial charge in [-0.25, -0.2) is 9.67 Å². The van der Waals surface area contributed by atoms with Crippen LogP contribution in [-0.4, -0.2) is 46.5 Å². The molecule has 0 saturated heterocycles. The molecule has 7 nitrogen and oxygen atoms in total. The number of nitrogens with zero attached hydrogens (tertiary/aromatic N) is 4. The number of rotatable bonds is 8. The number of nitrogens with one attached hydrogen (secondary N) is 2. The quantitative estimate of drug-likeness (QED) is 0.246. The molecule has 2 heterocycles. The Hall–Kier alpha value is -1.84. The zero-order chi connectivity index (χ0) is 19.8. The van der Waals surface area contributed by atoms with Crippen molar-refractivity contribution < 1.29 is 4.74 Å². The summed E-state index contributed by atoms with van der Waals surface area (Å²) in [4.78, 5) is 9.29. The van der Waals surface area contributed by atoms with Gasteiger partial charge in [0.2, 0.25) is 0 Å². The molecule has 2 N–H and O–H groups in total. The molecule has 8 heteroatoms. The molecular formula is C21H33IN6O. The second-order valence-electron chi connectivity index (χ2n) is 7.09. The number of para-hydroxylation sites is 1. The zero-order valence-corrected chi connectivity index (χ0v) is 20.0. The molecule has 0 radical (unpaired) electrons. The average Bonchev–Trinajstić information content (AvgIpc) is 3.11. The molecule has 1 unspecified atom stereocenters. The highest BCUT2D eigenvalue weighted by Gasteiger charge is 2.21. The van der Waals surface area contributed by atoms with Gasteiger partial charge >= 0.3 is 0 Å². The van der Waals surface area contributed by atoms with Gasteiger partial charge in [-0.2, -0.15) is 5.10 Å². The normalized spacial score (nSPS) is 16.0. The lowest BCUT2D eigenvalue weighted by Crippen LogP contribution is -2.47. The number of aliphatic imine (C=N–C) groups is 1. The molecule has 0 bridgehead atoms. The number of halogens is 1. The van der Waals surface area contributed by atoms with Gasteiger partial charge in [0.05, 0.1) is 13.2 Å². The van der Waals surface area contributed by atoms with Crippen LogP contribution in [0.3, 0.4) is 0 Å². The van der Waals surface area contributed by atoms with Crippen molar-refractivity contribution >= 4 is 29.9 Å². The minimum Gasteiger partial charge on any atom is -0.493 e. The first-order valence-corrected chi connectivity index (χ1v) is 10.4. The fraction of sp³-hybridized carbons (Fsp3) is 0.571. The third-order valence-corrected chi connectivity index (χ3v) is 4.83. The summed E-state index contributed by atoms with van der Waals surface area (Å²) in [7, 11) is 0. The van der Waals surface area contributed by atoms with Crippen molar-refractivity contribution in [3.05, 3.63) is 41.5 Å². The van der Waals surface area contributed by atoms with Crippen LogP contribution >= 0.6 is 24.0 Å². The van der Waals surface area contributed by atoms with E-state index in [1.54, 1.807) is 0 Å². The van der Waals surface area contributed by atoms with Crippen LogP contribution in [-0.2, 0) is 19.4 Å². The fourth-order valence-corrected chi connectivity index (χ4v) is 3.30. The van der Waals surface area contributed by atoms with Crippen LogP contribution in [0.1, 0.15) is 43.9 Å². The molecule has 0 spiro atoms. The highest BCUT2D eigenvalue weighted by atomic mass is 127. The summed E-state index contributed by atoms with van der Waals surface area (Å²) >= 11 is 0. The van der Waals surface area contributed by atoms with Gasteiger partial charge in [0.15, 0.2) is 11.8 Å². The summed E-state index contributed by atoms with van der Waals surface area (Å²) in [5, 5.41) is 11.5. The number of benzene rings is 1. The van der Waals surface area contributed by atoms with Gasteiger partial charge in [-0.3, -0.25) is 4.99 Å². The van der Waals surface area contributed by atoms with Crippen molar-refractivity contribution in [2.45, 2.75) is 59.0 Å². The Bertz CT molecular complexity index is 791. The molecule has 0 aliphatic carbocycles. The number of hydrogen-bond acceptors (Lipinski definition) is 4. The molecule has 29 heavy (non-hydrogen) atoms. The van der Waals surface area contributed by atoms with Crippen LogP contribution in [0.15, 0.2) is 29.3 Å². The molecular weight excluding hydrogens is 479 g/mol. The van der Waals surface area contributed by atoms with Crippen molar-refractivity contribution in [1.29, 1.82) is 0 Å². The van der Waals surface area contributed by atoms with E-state index in [0.717, 1.165) is 74.2 Å². The molecule has 1 aliphatic heterocycles. The van der Waals surface area contributed by atoms with E-state index in [0.29, 0.717) is 12.6 Å². The second kappa shape index (κ2) is 12.0. The van der Waals surface area contributed by atoms with Crippen molar-refractivity contribution in [1.82, 2.24) is 25.4 Å². The Labute approximate surface area is 190 Å². The molecule has 1 aromatic carbocycles. The maximum atomic E-state index is 5.85. The van der Waals surface area contributed by atoms with Crippen molar-refractivity contribution in [3.8, 4) is 5.75 Å². The Morgan fingerprint density at radius 2 is 2.14 bits per heavy atom. The lowest BCUT2D eigenvalue weighted by atomic mass is 10.1. The summed E-state index contributed by atoms with van der Waals surface area (Å²) in [5.74, 6) is 3.85. The summed E-state index contributed by atoms with van der Waals surface area (Å²) in [6, 6.07) is 8.42. The number of fused-ring (bicyclic) bond motifs is 1. The second-order valence-corrected chi connectivity index (χ2v) is 7.09. The Kier molecular flexibility index (Phi) is 9.69. The van der Waals surface area contributed by atoms with Crippen molar-refractivity contribution in [2.24, 2.45) is 4.99 Å². The predicted octanol–water partition coefficient (Wildman–Crippen LogP) is 3.11. The lowest BCUT2D eigenvalue weighted by Gasteiger charge is -2.25. The first kappa shape index (κ1) is 23.4. The maximum absolute atomic E-state index is 5.85. The van der Waals surface area contributed by atoms with Crippen LogP contribution < -0.4 is 15.4 Å². The maximum Gasteiger partial charge on any atom is 0.191 e. The van der Waals surface area contributed by atoms with Crippen LogP contribution in [0.4, 0.5) is 0 Å². The number of ether oxygens (including phenoxy) is 1. The average molecular weight is 512 g/mol. The molecule has 1 atom stereocenters. The summed E-state index contributed by atoms with van der Waals surface area (Å²) in [5.41, 5.74) is 1.16. The smallest absolute Gasteiger partial charge is 0.191 e. The molecule has 1 aliphatic rings. The third kappa shape index (κ3) is 6.87. The van der Waals surface area contributed by atoms with Crippen LogP contribution in [0.5, 0.6) is 5.75 Å². The Morgan fingerprint density at radius 1 is 1.31 bits per heavy atom. The van der Waals surface area contributed by atoms with Gasteiger partial charge in [0.25, 0.3) is 0 Å². The topological polar surface area (TPSA) is 76.4 Å². The van der Waals surface area contributed by atoms with Gasteiger partial charge < -0.3 is 15.4 Å². The van der Waals surface area contributed by atoms with Crippen molar-refractivity contribution in [3.63, 3.8) is 0 Å². The van der Waals surface area contributed by atoms with Crippen molar-refractivity contribution in [2.75, 3.05) is 19.7 Å². The number of aryl methyl sites for hydroxylation is 3. The van der Waals surface area contributed by atoms with Crippen LogP contribution in [0.2, 0.25) is 0 Å². The Balaban J connectivity index is 0.00000300. The lowest BCUT2D eigenvalue weighted by molar-refractivity contribution is 0.311. The van der Waals surface area contributed by atoms with E-state index in [1.807, 2.05) is 22.9 Å². The van der Waals surface area contributed by atoms with Gasteiger partial charge in [0, 0.05) is 38.4 Å². The predicted molar refractivity (Wildman–Crippen MR) is 127 cm³/mol. The van der Waals surface area contributed by atoms with Gasteiger partial charge in [-0.1, -0.05) is 25.1 Å². The summed E-state index contributed by atoms with van der Waals surface area (Å²) < 4.78 is 7.89. The molecule has 0 fully saturated rings.